The number of sulfonamides is 1. The summed E-state index contributed by atoms with van der Waals surface area (Å²) in [4.78, 5) is 4.61. The lowest BCUT2D eigenvalue weighted by Crippen LogP contribution is -2.29. The molecule has 1 aliphatic heterocycles. The van der Waals surface area contributed by atoms with Crippen molar-refractivity contribution in [2.75, 3.05) is 5.32 Å². The summed E-state index contributed by atoms with van der Waals surface area (Å²) in [7, 11) is -3.68. The Balaban J connectivity index is 1.82. The third kappa shape index (κ3) is 2.16. The van der Waals surface area contributed by atoms with Crippen molar-refractivity contribution in [3.8, 4) is 0 Å². The van der Waals surface area contributed by atoms with E-state index in [4.69, 9.17) is 5.14 Å². The van der Waals surface area contributed by atoms with E-state index >= 15 is 0 Å². The van der Waals surface area contributed by atoms with Gasteiger partial charge in [-0.05, 0) is 36.1 Å². The van der Waals surface area contributed by atoms with Crippen LogP contribution < -0.4 is 10.5 Å². The summed E-state index contributed by atoms with van der Waals surface area (Å²) >= 11 is 1.64. The van der Waals surface area contributed by atoms with Crippen molar-refractivity contribution < 1.29 is 8.42 Å². The van der Waals surface area contributed by atoms with E-state index < -0.39 is 10.0 Å². The number of benzene rings is 1. The summed E-state index contributed by atoms with van der Waals surface area (Å²) in [6.07, 6.45) is 7.10. The van der Waals surface area contributed by atoms with Crippen molar-refractivity contribution >= 4 is 27.0 Å². The summed E-state index contributed by atoms with van der Waals surface area (Å²) in [6.45, 7) is 0. The van der Waals surface area contributed by atoms with E-state index in [1.54, 1.807) is 29.5 Å². The van der Waals surface area contributed by atoms with E-state index in [-0.39, 0.29) is 16.9 Å². The molecular formula is C15H15N3O2S2. The largest absolute Gasteiger partial charge is 0.375 e. The number of nitrogens with one attached hydrogen (secondary N) is 1. The van der Waals surface area contributed by atoms with Crippen LogP contribution in [0.25, 0.3) is 0 Å². The number of nitrogens with two attached hydrogens (primary N) is 1. The van der Waals surface area contributed by atoms with Gasteiger partial charge in [-0.15, -0.1) is 11.3 Å². The third-order valence-electron chi connectivity index (χ3n) is 4.38. The van der Waals surface area contributed by atoms with E-state index in [0.29, 0.717) is 5.92 Å². The molecule has 0 saturated carbocycles. The zero-order valence-electron chi connectivity index (χ0n) is 11.6. The van der Waals surface area contributed by atoms with Gasteiger partial charge >= 0.3 is 0 Å². The van der Waals surface area contributed by atoms with Crippen LogP contribution in [0.15, 0.2) is 46.8 Å². The van der Waals surface area contributed by atoms with Gasteiger partial charge < -0.3 is 5.32 Å². The van der Waals surface area contributed by atoms with Gasteiger partial charge in [0.05, 0.1) is 10.9 Å². The number of rotatable bonds is 2. The number of hydrogen-bond acceptors (Lipinski definition) is 5. The normalized spacial score (nSPS) is 26.3. The minimum absolute atomic E-state index is 0.160. The molecule has 2 heterocycles. The quantitative estimate of drug-likeness (QED) is 0.827. The molecule has 0 spiro atoms. The van der Waals surface area contributed by atoms with Gasteiger partial charge in [-0.1, -0.05) is 12.2 Å². The topological polar surface area (TPSA) is 85.1 Å². The molecule has 0 bridgehead atoms. The van der Waals surface area contributed by atoms with Gasteiger partial charge in [-0.3, -0.25) is 0 Å². The molecule has 3 N–H and O–H groups in total. The fourth-order valence-corrected chi connectivity index (χ4v) is 4.69. The Morgan fingerprint density at radius 3 is 2.95 bits per heavy atom. The van der Waals surface area contributed by atoms with Crippen LogP contribution >= 0.6 is 11.3 Å². The molecule has 0 saturated heterocycles. The smallest absolute Gasteiger partial charge is 0.238 e. The van der Waals surface area contributed by atoms with Crippen LogP contribution in [0, 0.1) is 5.92 Å². The SMILES string of the molecule is NS(=O)(=O)c1ccc2c(c1)[C@H]1C=CC[C@H]1[C@@H](c1nccs1)N2. The van der Waals surface area contributed by atoms with Crippen molar-refractivity contribution in [1.82, 2.24) is 4.98 Å². The maximum Gasteiger partial charge on any atom is 0.238 e. The molecule has 4 rings (SSSR count). The molecule has 0 unspecified atom stereocenters. The van der Waals surface area contributed by atoms with Crippen LogP contribution in [0.3, 0.4) is 0 Å². The van der Waals surface area contributed by atoms with Crippen LogP contribution in [0.5, 0.6) is 0 Å². The number of aromatic nitrogens is 1. The van der Waals surface area contributed by atoms with E-state index in [1.165, 1.54) is 0 Å². The molecule has 22 heavy (non-hydrogen) atoms. The lowest BCUT2D eigenvalue weighted by atomic mass is 9.79. The van der Waals surface area contributed by atoms with Crippen LogP contribution in [-0.2, 0) is 10.0 Å². The van der Waals surface area contributed by atoms with Gasteiger partial charge in [0.15, 0.2) is 0 Å². The number of allylic oxidation sites excluding steroid dienone is 2. The third-order valence-corrected chi connectivity index (χ3v) is 6.15. The Hall–Kier alpha value is -1.70. The van der Waals surface area contributed by atoms with Crippen LogP contribution in [-0.4, -0.2) is 13.4 Å². The highest BCUT2D eigenvalue weighted by Crippen LogP contribution is 2.50. The lowest BCUT2D eigenvalue weighted by Gasteiger charge is -2.36. The Bertz CT molecular complexity index is 844. The first-order valence-corrected chi connectivity index (χ1v) is 9.46. The number of hydrogen-bond donors (Lipinski definition) is 2. The molecule has 1 aromatic heterocycles. The van der Waals surface area contributed by atoms with E-state index in [2.05, 4.69) is 22.5 Å². The Kier molecular flexibility index (Phi) is 3.11. The summed E-state index contributed by atoms with van der Waals surface area (Å²) in [5.74, 6) is 0.557. The van der Waals surface area contributed by atoms with Crippen molar-refractivity contribution in [1.29, 1.82) is 0 Å². The molecule has 1 aliphatic carbocycles. The molecule has 5 nitrogen and oxygen atoms in total. The van der Waals surface area contributed by atoms with Crippen LogP contribution in [0.4, 0.5) is 5.69 Å². The Morgan fingerprint density at radius 2 is 2.23 bits per heavy atom. The second-order valence-corrected chi connectivity index (χ2v) is 8.13. The maximum absolute atomic E-state index is 11.6. The van der Waals surface area contributed by atoms with E-state index in [1.807, 2.05) is 11.6 Å². The summed E-state index contributed by atoms with van der Waals surface area (Å²) in [6, 6.07) is 5.22. The number of anilines is 1. The van der Waals surface area contributed by atoms with Gasteiger partial charge in [0.1, 0.15) is 5.01 Å². The first kappa shape index (κ1) is 13.9. The molecule has 1 aromatic carbocycles. The summed E-state index contributed by atoms with van der Waals surface area (Å²) in [5.41, 5.74) is 1.96. The maximum atomic E-state index is 11.6. The zero-order chi connectivity index (χ0) is 15.3. The van der Waals surface area contributed by atoms with Crippen molar-refractivity contribution in [2.45, 2.75) is 23.3 Å². The highest BCUT2D eigenvalue weighted by atomic mass is 32.2. The molecule has 2 aliphatic rings. The second kappa shape index (κ2) is 4.91. The minimum Gasteiger partial charge on any atom is -0.375 e. The molecule has 3 atom stereocenters. The standard InChI is InChI=1S/C15H15N3O2S2/c16-22(19,20)9-4-5-13-12(8-9)10-2-1-3-11(10)14(18-13)15-17-6-7-21-15/h1-2,4-8,10-11,14,18H,3H2,(H2,16,19,20)/t10-,11+,14-/m0/s1. The highest BCUT2D eigenvalue weighted by Gasteiger charge is 2.39. The molecule has 114 valence electrons. The molecule has 0 amide bonds. The predicted molar refractivity (Wildman–Crippen MR) is 86.3 cm³/mol. The first-order chi connectivity index (χ1) is 10.5. The van der Waals surface area contributed by atoms with Crippen LogP contribution in [0.1, 0.15) is 29.0 Å². The van der Waals surface area contributed by atoms with Gasteiger partial charge in [0.25, 0.3) is 0 Å². The van der Waals surface area contributed by atoms with Gasteiger partial charge in [-0.2, -0.15) is 0 Å². The van der Waals surface area contributed by atoms with Crippen LogP contribution in [0.2, 0.25) is 0 Å². The van der Waals surface area contributed by atoms with Crippen molar-refractivity contribution in [3.63, 3.8) is 0 Å². The molecule has 0 fully saturated rings. The van der Waals surface area contributed by atoms with Crippen molar-refractivity contribution in [3.05, 3.63) is 52.5 Å². The minimum atomic E-state index is -3.68. The number of fused-ring (bicyclic) bond motifs is 3. The zero-order valence-corrected chi connectivity index (χ0v) is 13.3. The van der Waals surface area contributed by atoms with E-state index in [9.17, 15) is 8.42 Å². The lowest BCUT2D eigenvalue weighted by molar-refractivity contribution is 0.424. The van der Waals surface area contributed by atoms with E-state index in [0.717, 1.165) is 22.7 Å². The molecular weight excluding hydrogens is 318 g/mol. The predicted octanol–water partition coefficient (Wildman–Crippen LogP) is 2.62. The fraction of sp³-hybridized carbons (Fsp3) is 0.267. The fourth-order valence-electron chi connectivity index (χ4n) is 3.38. The molecule has 7 heteroatoms. The number of nitrogens with zero attached hydrogens (tertiary/aromatic N) is 1. The summed E-state index contributed by atoms with van der Waals surface area (Å²) in [5, 5.41) is 11.8. The molecule has 0 radical (unpaired) electrons. The Morgan fingerprint density at radius 1 is 1.36 bits per heavy atom. The van der Waals surface area contributed by atoms with Crippen molar-refractivity contribution in [2.24, 2.45) is 11.1 Å². The van der Waals surface area contributed by atoms with Gasteiger partial charge in [0.2, 0.25) is 10.0 Å². The summed E-state index contributed by atoms with van der Waals surface area (Å²) < 4.78 is 23.2. The van der Waals surface area contributed by atoms with Gasteiger partial charge in [0, 0.05) is 23.2 Å². The number of primary sulfonamides is 1. The Labute approximate surface area is 132 Å². The number of thiazole rings is 1. The van der Waals surface area contributed by atoms with Gasteiger partial charge in [-0.25, -0.2) is 18.5 Å². The average Bonchev–Trinajstić information content (AvgIpc) is 3.16. The monoisotopic (exact) mass is 333 g/mol. The second-order valence-electron chi connectivity index (χ2n) is 5.64. The molecule has 2 aromatic rings. The first-order valence-electron chi connectivity index (χ1n) is 7.03. The average molecular weight is 333 g/mol. The highest BCUT2D eigenvalue weighted by molar-refractivity contribution is 7.89.